The number of imidazole rings is 1. The summed E-state index contributed by atoms with van der Waals surface area (Å²) in [5.41, 5.74) is 2.81. The first-order valence-corrected chi connectivity index (χ1v) is 7.41. The van der Waals surface area contributed by atoms with E-state index in [-0.39, 0.29) is 0 Å². The molecular weight excluding hydrogens is 315 g/mol. The zero-order chi connectivity index (χ0) is 17.2. The van der Waals surface area contributed by atoms with Crippen LogP contribution in [0.1, 0.15) is 11.1 Å². The van der Waals surface area contributed by atoms with Crippen molar-refractivity contribution in [3.8, 4) is 11.3 Å². The minimum absolute atomic E-state index is 0.433. The number of hydrogen-bond acceptors (Lipinski definition) is 2. The summed E-state index contributed by atoms with van der Waals surface area (Å²) in [6.45, 7) is 0.433. The van der Waals surface area contributed by atoms with Gasteiger partial charge < -0.3 is 9.88 Å². The number of nitrogens with one attached hydrogen (secondary N) is 1. The average molecular weight is 331 g/mol. The second-order valence-electron chi connectivity index (χ2n) is 5.52. The molecule has 3 aromatic rings. The molecule has 6 heteroatoms. The quantitative estimate of drug-likeness (QED) is 0.750. The van der Waals surface area contributed by atoms with Crippen LogP contribution in [0.25, 0.3) is 11.3 Å². The lowest BCUT2D eigenvalue weighted by Gasteiger charge is -2.12. The third-order valence-corrected chi connectivity index (χ3v) is 3.67. The fraction of sp³-hybridized carbons (Fsp3) is 0.167. The van der Waals surface area contributed by atoms with Crippen LogP contribution in [0.15, 0.2) is 61.1 Å². The zero-order valence-corrected chi connectivity index (χ0v) is 13.0. The lowest BCUT2D eigenvalue weighted by molar-refractivity contribution is -0.137. The van der Waals surface area contributed by atoms with E-state index < -0.39 is 11.7 Å². The predicted octanol–water partition coefficient (Wildman–Crippen LogP) is 4.72. The summed E-state index contributed by atoms with van der Waals surface area (Å²) in [7, 11) is 1.90. The minimum atomic E-state index is -4.31. The first-order chi connectivity index (χ1) is 11.4. The molecule has 1 heterocycles. The topological polar surface area (TPSA) is 29.9 Å². The van der Waals surface area contributed by atoms with Crippen LogP contribution in [0.4, 0.5) is 18.9 Å². The summed E-state index contributed by atoms with van der Waals surface area (Å²) in [5, 5.41) is 3.26. The molecule has 3 rings (SSSR count). The Morgan fingerprint density at radius 3 is 2.38 bits per heavy atom. The molecule has 0 aliphatic heterocycles. The molecular formula is C18H16F3N3. The van der Waals surface area contributed by atoms with Gasteiger partial charge in [0.25, 0.3) is 0 Å². The van der Waals surface area contributed by atoms with E-state index in [9.17, 15) is 13.2 Å². The highest BCUT2D eigenvalue weighted by Gasteiger charge is 2.29. The summed E-state index contributed by atoms with van der Waals surface area (Å²) >= 11 is 0. The maximum atomic E-state index is 12.6. The van der Waals surface area contributed by atoms with Gasteiger partial charge in [0.15, 0.2) is 0 Å². The zero-order valence-electron chi connectivity index (χ0n) is 13.0. The normalized spacial score (nSPS) is 11.5. The fourth-order valence-corrected chi connectivity index (χ4v) is 2.42. The summed E-state index contributed by atoms with van der Waals surface area (Å²) in [5.74, 6) is 0. The largest absolute Gasteiger partial charge is 0.416 e. The van der Waals surface area contributed by atoms with E-state index in [4.69, 9.17) is 0 Å². The standard InChI is InChI=1S/C18H16F3N3/c1-24-11-17(23-12-24)15-4-2-3-5-16(15)22-10-13-6-8-14(9-7-13)18(19,20)21/h2-9,11-12,22H,10H2,1H3. The van der Waals surface area contributed by atoms with Gasteiger partial charge in [-0.2, -0.15) is 13.2 Å². The highest BCUT2D eigenvalue weighted by molar-refractivity contribution is 5.75. The highest BCUT2D eigenvalue weighted by atomic mass is 19.4. The predicted molar refractivity (Wildman–Crippen MR) is 87.4 cm³/mol. The van der Waals surface area contributed by atoms with Crippen molar-refractivity contribution < 1.29 is 13.2 Å². The van der Waals surface area contributed by atoms with Gasteiger partial charge in [0.2, 0.25) is 0 Å². The van der Waals surface area contributed by atoms with Crippen LogP contribution in [0.3, 0.4) is 0 Å². The third kappa shape index (κ3) is 3.59. The molecule has 0 saturated heterocycles. The van der Waals surface area contributed by atoms with Gasteiger partial charge in [0.1, 0.15) is 0 Å². The Morgan fingerprint density at radius 1 is 1.04 bits per heavy atom. The molecule has 124 valence electrons. The Morgan fingerprint density at radius 2 is 1.75 bits per heavy atom. The Hall–Kier alpha value is -2.76. The number of nitrogens with zero attached hydrogens (tertiary/aromatic N) is 2. The maximum absolute atomic E-state index is 12.6. The second-order valence-corrected chi connectivity index (χ2v) is 5.52. The molecule has 2 aromatic carbocycles. The van der Waals surface area contributed by atoms with Crippen molar-refractivity contribution >= 4 is 5.69 Å². The van der Waals surface area contributed by atoms with Crippen molar-refractivity contribution in [3.05, 3.63) is 72.2 Å². The molecule has 0 bridgehead atoms. The van der Waals surface area contributed by atoms with E-state index in [2.05, 4.69) is 10.3 Å². The number of aromatic nitrogens is 2. The Kier molecular flexibility index (Phi) is 4.29. The third-order valence-electron chi connectivity index (χ3n) is 3.67. The van der Waals surface area contributed by atoms with Gasteiger partial charge in [0, 0.05) is 31.0 Å². The molecule has 0 aliphatic rings. The highest BCUT2D eigenvalue weighted by Crippen LogP contribution is 2.30. The first kappa shape index (κ1) is 16.1. The molecule has 3 nitrogen and oxygen atoms in total. The van der Waals surface area contributed by atoms with Crippen molar-refractivity contribution in [2.24, 2.45) is 7.05 Å². The molecule has 24 heavy (non-hydrogen) atoms. The number of benzene rings is 2. The van der Waals surface area contributed by atoms with Crippen LogP contribution < -0.4 is 5.32 Å². The molecule has 0 aliphatic carbocycles. The first-order valence-electron chi connectivity index (χ1n) is 7.41. The molecule has 0 radical (unpaired) electrons. The van der Waals surface area contributed by atoms with Gasteiger partial charge in [-0.25, -0.2) is 4.98 Å². The molecule has 0 fully saturated rings. The summed E-state index contributed by atoms with van der Waals surface area (Å²) < 4.78 is 39.6. The van der Waals surface area contributed by atoms with E-state index in [1.807, 2.05) is 42.1 Å². The van der Waals surface area contributed by atoms with Gasteiger partial charge in [-0.05, 0) is 23.8 Å². The van der Waals surface area contributed by atoms with Crippen molar-refractivity contribution in [2.45, 2.75) is 12.7 Å². The lowest BCUT2D eigenvalue weighted by atomic mass is 10.1. The maximum Gasteiger partial charge on any atom is 0.416 e. The molecule has 0 saturated carbocycles. The molecule has 0 atom stereocenters. The number of hydrogen-bond donors (Lipinski definition) is 1. The van der Waals surface area contributed by atoms with E-state index in [0.717, 1.165) is 34.6 Å². The molecule has 0 spiro atoms. The van der Waals surface area contributed by atoms with E-state index in [1.54, 1.807) is 6.33 Å². The van der Waals surface area contributed by atoms with Crippen LogP contribution in [-0.4, -0.2) is 9.55 Å². The molecule has 0 unspecified atom stereocenters. The van der Waals surface area contributed by atoms with Gasteiger partial charge in [-0.3, -0.25) is 0 Å². The number of para-hydroxylation sites is 1. The van der Waals surface area contributed by atoms with Crippen molar-refractivity contribution in [1.29, 1.82) is 0 Å². The minimum Gasteiger partial charge on any atom is -0.380 e. The number of rotatable bonds is 4. The smallest absolute Gasteiger partial charge is 0.380 e. The van der Waals surface area contributed by atoms with Crippen molar-refractivity contribution in [2.75, 3.05) is 5.32 Å². The van der Waals surface area contributed by atoms with Gasteiger partial charge >= 0.3 is 6.18 Å². The summed E-state index contributed by atoms with van der Waals surface area (Å²) in [4.78, 5) is 4.34. The Labute approximate surface area is 137 Å². The lowest BCUT2D eigenvalue weighted by Crippen LogP contribution is -2.06. The number of alkyl halides is 3. The van der Waals surface area contributed by atoms with Crippen LogP contribution in [0, 0.1) is 0 Å². The Bertz CT molecular complexity index is 820. The molecule has 1 aromatic heterocycles. The van der Waals surface area contributed by atoms with Gasteiger partial charge in [-0.1, -0.05) is 30.3 Å². The number of halogens is 3. The van der Waals surface area contributed by atoms with Crippen molar-refractivity contribution in [1.82, 2.24) is 9.55 Å². The van der Waals surface area contributed by atoms with Crippen LogP contribution in [0.2, 0.25) is 0 Å². The molecule has 0 amide bonds. The van der Waals surface area contributed by atoms with Crippen LogP contribution in [-0.2, 0) is 19.8 Å². The fourth-order valence-electron chi connectivity index (χ4n) is 2.42. The summed E-state index contributed by atoms with van der Waals surface area (Å²) in [6, 6.07) is 12.9. The average Bonchev–Trinajstić information content (AvgIpc) is 2.99. The van der Waals surface area contributed by atoms with Gasteiger partial charge in [0.05, 0.1) is 17.6 Å². The van der Waals surface area contributed by atoms with E-state index >= 15 is 0 Å². The molecule has 1 N–H and O–H groups in total. The van der Waals surface area contributed by atoms with Crippen LogP contribution in [0.5, 0.6) is 0 Å². The number of aryl methyl sites for hydroxylation is 1. The monoisotopic (exact) mass is 331 g/mol. The van der Waals surface area contributed by atoms with Crippen molar-refractivity contribution in [3.63, 3.8) is 0 Å². The van der Waals surface area contributed by atoms with E-state index in [0.29, 0.717) is 6.54 Å². The second kappa shape index (κ2) is 6.39. The Balaban J connectivity index is 1.76. The SMILES string of the molecule is Cn1cnc(-c2ccccc2NCc2ccc(C(F)(F)F)cc2)c1. The van der Waals surface area contributed by atoms with Crippen LogP contribution >= 0.6 is 0 Å². The van der Waals surface area contributed by atoms with E-state index in [1.165, 1.54) is 12.1 Å². The summed E-state index contributed by atoms with van der Waals surface area (Å²) in [6.07, 6.45) is -0.669. The number of anilines is 1. The van der Waals surface area contributed by atoms with Gasteiger partial charge in [-0.15, -0.1) is 0 Å².